The zero-order valence-corrected chi connectivity index (χ0v) is 9.98. The molecule has 1 heterocycles. The van der Waals surface area contributed by atoms with Crippen LogP contribution in [-0.2, 0) is 0 Å². The number of hydrogen-bond donors (Lipinski definition) is 3. The number of halogens is 1. The molecule has 0 aliphatic rings. The van der Waals surface area contributed by atoms with Crippen LogP contribution in [-0.4, -0.2) is 16.0 Å². The molecular weight excluding hydrogens is 254 g/mol. The maximum Gasteiger partial charge on any atom is 0.259 e. The van der Waals surface area contributed by atoms with Crippen LogP contribution in [0.4, 0.5) is 11.4 Å². The second-order valence-electron chi connectivity index (χ2n) is 3.58. The molecule has 4 N–H and O–H groups in total. The van der Waals surface area contributed by atoms with E-state index in [1.165, 1.54) is 30.6 Å². The highest BCUT2D eigenvalue weighted by Crippen LogP contribution is 2.23. The van der Waals surface area contributed by atoms with Crippen molar-refractivity contribution in [2.24, 2.45) is 0 Å². The Bertz CT molecular complexity index is 602. The van der Waals surface area contributed by atoms with E-state index in [9.17, 15) is 9.90 Å². The van der Waals surface area contributed by atoms with Crippen molar-refractivity contribution in [1.29, 1.82) is 0 Å². The van der Waals surface area contributed by atoms with Crippen LogP contribution in [0, 0.1) is 0 Å². The van der Waals surface area contributed by atoms with Crippen LogP contribution >= 0.6 is 11.6 Å². The topological polar surface area (TPSA) is 88.2 Å². The number of nitrogen functional groups attached to an aromatic ring is 1. The fourth-order valence-corrected chi connectivity index (χ4v) is 1.57. The largest absolute Gasteiger partial charge is 0.507 e. The van der Waals surface area contributed by atoms with E-state index in [2.05, 4.69) is 10.3 Å². The highest BCUT2D eigenvalue weighted by Gasteiger charge is 2.12. The van der Waals surface area contributed by atoms with Gasteiger partial charge in [-0.05, 0) is 24.3 Å². The number of aromatic hydroxyl groups is 1. The number of nitrogens with two attached hydrogens (primary N) is 1. The highest BCUT2D eigenvalue weighted by molar-refractivity contribution is 6.31. The molecule has 0 saturated heterocycles. The Kier molecular flexibility index (Phi) is 3.34. The van der Waals surface area contributed by atoms with Gasteiger partial charge in [0.05, 0.1) is 23.1 Å². The van der Waals surface area contributed by atoms with Crippen LogP contribution < -0.4 is 11.1 Å². The monoisotopic (exact) mass is 263 g/mol. The number of anilines is 2. The molecule has 2 rings (SSSR count). The van der Waals surface area contributed by atoms with Gasteiger partial charge in [-0.3, -0.25) is 9.78 Å². The molecule has 0 bridgehead atoms. The Labute approximate surface area is 108 Å². The van der Waals surface area contributed by atoms with E-state index >= 15 is 0 Å². The lowest BCUT2D eigenvalue weighted by Crippen LogP contribution is -2.13. The van der Waals surface area contributed by atoms with Crippen LogP contribution in [0.2, 0.25) is 5.02 Å². The average molecular weight is 264 g/mol. The van der Waals surface area contributed by atoms with Crippen LogP contribution in [0.15, 0.2) is 36.7 Å². The second-order valence-corrected chi connectivity index (χ2v) is 4.01. The molecular formula is C12H10ClN3O2. The van der Waals surface area contributed by atoms with Gasteiger partial charge in [-0.15, -0.1) is 0 Å². The number of nitrogens with one attached hydrogen (secondary N) is 1. The van der Waals surface area contributed by atoms with Crippen molar-refractivity contribution in [3.63, 3.8) is 0 Å². The van der Waals surface area contributed by atoms with Gasteiger partial charge >= 0.3 is 0 Å². The van der Waals surface area contributed by atoms with E-state index in [1.54, 1.807) is 6.07 Å². The molecule has 0 spiro atoms. The van der Waals surface area contributed by atoms with Gasteiger partial charge in [0, 0.05) is 11.2 Å². The summed E-state index contributed by atoms with van der Waals surface area (Å²) in [5.41, 5.74) is 6.50. The van der Waals surface area contributed by atoms with Gasteiger partial charge in [-0.1, -0.05) is 11.6 Å². The molecule has 0 aliphatic heterocycles. The van der Waals surface area contributed by atoms with E-state index in [-0.39, 0.29) is 11.3 Å². The van der Waals surface area contributed by atoms with Crippen LogP contribution in [0.3, 0.4) is 0 Å². The molecule has 1 aromatic heterocycles. The van der Waals surface area contributed by atoms with Crippen molar-refractivity contribution < 1.29 is 9.90 Å². The summed E-state index contributed by atoms with van der Waals surface area (Å²) in [7, 11) is 0. The number of nitrogens with zero attached hydrogens (tertiary/aromatic N) is 1. The quantitative estimate of drug-likeness (QED) is 0.775. The third kappa shape index (κ3) is 2.52. The van der Waals surface area contributed by atoms with Gasteiger partial charge in [0.25, 0.3) is 5.91 Å². The summed E-state index contributed by atoms with van der Waals surface area (Å²) in [6.45, 7) is 0. The van der Waals surface area contributed by atoms with Crippen molar-refractivity contribution in [2.75, 3.05) is 11.1 Å². The summed E-state index contributed by atoms with van der Waals surface area (Å²) in [6.07, 6.45) is 2.93. The highest BCUT2D eigenvalue weighted by atomic mass is 35.5. The lowest BCUT2D eigenvalue weighted by molar-refractivity contribution is 0.102. The molecule has 1 aromatic carbocycles. The summed E-state index contributed by atoms with van der Waals surface area (Å²) in [4.78, 5) is 15.7. The maximum atomic E-state index is 11.9. The number of aromatic nitrogens is 1. The average Bonchev–Trinajstić information content (AvgIpc) is 2.35. The predicted molar refractivity (Wildman–Crippen MR) is 69.7 cm³/mol. The Balaban J connectivity index is 2.28. The standard InChI is InChI=1S/C12H10ClN3O2/c13-7-1-2-11(17)8(5-7)12(18)16-10-3-4-15-6-9(10)14/h1-6,17H,14H2,(H,15,16,18). The molecule has 0 unspecified atom stereocenters. The second kappa shape index (κ2) is 4.93. The first-order valence-electron chi connectivity index (χ1n) is 5.07. The minimum atomic E-state index is -0.493. The fourth-order valence-electron chi connectivity index (χ4n) is 1.40. The summed E-state index contributed by atoms with van der Waals surface area (Å²) in [5.74, 6) is -0.641. The third-order valence-electron chi connectivity index (χ3n) is 2.30. The molecule has 0 fully saturated rings. The Hall–Kier alpha value is -2.27. The summed E-state index contributed by atoms with van der Waals surface area (Å²) >= 11 is 5.77. The van der Waals surface area contributed by atoms with Gasteiger partial charge in [0.2, 0.25) is 0 Å². The number of carbonyl (C=O) groups is 1. The first kappa shape index (κ1) is 12.2. The zero-order valence-electron chi connectivity index (χ0n) is 9.22. The molecule has 1 amide bonds. The molecule has 92 valence electrons. The number of pyridine rings is 1. The molecule has 0 aliphatic carbocycles. The number of carbonyl (C=O) groups excluding carboxylic acids is 1. The summed E-state index contributed by atoms with van der Waals surface area (Å²) in [6, 6.07) is 5.79. The molecule has 5 nitrogen and oxygen atoms in total. The van der Waals surface area contributed by atoms with Gasteiger partial charge in [0.15, 0.2) is 0 Å². The Morgan fingerprint density at radius 2 is 2.17 bits per heavy atom. The van der Waals surface area contributed by atoms with Crippen LogP contribution in [0.5, 0.6) is 5.75 Å². The Morgan fingerprint density at radius 3 is 2.89 bits per heavy atom. The first-order chi connectivity index (χ1) is 8.58. The van der Waals surface area contributed by atoms with E-state index in [1.807, 2.05) is 0 Å². The molecule has 2 aromatic rings. The lowest BCUT2D eigenvalue weighted by atomic mass is 10.2. The van der Waals surface area contributed by atoms with E-state index < -0.39 is 5.91 Å². The predicted octanol–water partition coefficient (Wildman–Crippen LogP) is 2.28. The van der Waals surface area contributed by atoms with Gasteiger partial charge in [-0.25, -0.2) is 0 Å². The minimum Gasteiger partial charge on any atom is -0.507 e. The van der Waals surface area contributed by atoms with Crippen molar-refractivity contribution in [3.8, 4) is 5.75 Å². The lowest BCUT2D eigenvalue weighted by Gasteiger charge is -2.08. The number of benzene rings is 1. The Morgan fingerprint density at radius 1 is 1.39 bits per heavy atom. The molecule has 0 radical (unpaired) electrons. The minimum absolute atomic E-state index is 0.0821. The molecule has 6 heteroatoms. The number of phenols is 1. The smallest absolute Gasteiger partial charge is 0.259 e. The zero-order chi connectivity index (χ0) is 13.1. The number of amides is 1. The summed E-state index contributed by atoms with van der Waals surface area (Å²) in [5, 5.41) is 12.5. The van der Waals surface area contributed by atoms with Gasteiger partial charge in [-0.2, -0.15) is 0 Å². The SMILES string of the molecule is Nc1cnccc1NC(=O)c1cc(Cl)ccc1O. The number of phenolic OH excluding ortho intramolecular Hbond substituents is 1. The van der Waals surface area contributed by atoms with E-state index in [0.29, 0.717) is 16.4 Å². The van der Waals surface area contributed by atoms with E-state index in [0.717, 1.165) is 0 Å². The van der Waals surface area contributed by atoms with Gasteiger partial charge < -0.3 is 16.2 Å². The fraction of sp³-hybridized carbons (Fsp3) is 0. The van der Waals surface area contributed by atoms with Crippen molar-refractivity contribution in [3.05, 3.63) is 47.2 Å². The normalized spacial score (nSPS) is 10.1. The van der Waals surface area contributed by atoms with Crippen LogP contribution in [0.25, 0.3) is 0 Å². The molecule has 18 heavy (non-hydrogen) atoms. The molecule has 0 atom stereocenters. The van der Waals surface area contributed by atoms with Crippen molar-refractivity contribution in [1.82, 2.24) is 4.98 Å². The van der Waals surface area contributed by atoms with E-state index in [4.69, 9.17) is 17.3 Å². The number of hydrogen-bond acceptors (Lipinski definition) is 4. The number of rotatable bonds is 2. The summed E-state index contributed by atoms with van der Waals surface area (Å²) < 4.78 is 0. The van der Waals surface area contributed by atoms with Crippen LogP contribution in [0.1, 0.15) is 10.4 Å². The molecule has 0 saturated carbocycles. The van der Waals surface area contributed by atoms with Crippen molar-refractivity contribution >= 4 is 28.9 Å². The third-order valence-corrected chi connectivity index (χ3v) is 2.54. The first-order valence-corrected chi connectivity index (χ1v) is 5.45. The maximum absolute atomic E-state index is 11.9. The van der Waals surface area contributed by atoms with Crippen molar-refractivity contribution in [2.45, 2.75) is 0 Å². The van der Waals surface area contributed by atoms with Gasteiger partial charge in [0.1, 0.15) is 5.75 Å².